The highest BCUT2D eigenvalue weighted by Gasteiger charge is 2.19. The third-order valence-electron chi connectivity index (χ3n) is 8.19. The molecule has 0 radical (unpaired) electrons. The van der Waals surface area contributed by atoms with Crippen LogP contribution in [0.4, 0.5) is 5.82 Å². The number of carbonyl (C=O) groups excluding carboxylic acids is 1. The number of benzene rings is 3. The van der Waals surface area contributed by atoms with Gasteiger partial charge in [-0.25, -0.2) is 4.98 Å². The summed E-state index contributed by atoms with van der Waals surface area (Å²) in [4.78, 5) is 23.4. The molecule has 1 amide bonds. The van der Waals surface area contributed by atoms with Crippen LogP contribution in [0.5, 0.6) is 0 Å². The van der Waals surface area contributed by atoms with Gasteiger partial charge in [-0.15, -0.1) is 0 Å². The second-order valence-corrected chi connectivity index (χ2v) is 11.4. The summed E-state index contributed by atoms with van der Waals surface area (Å²) in [5.41, 5.74) is 10.1. The maximum absolute atomic E-state index is 11.7. The van der Waals surface area contributed by atoms with E-state index in [1.54, 1.807) is 18.3 Å². The van der Waals surface area contributed by atoms with Gasteiger partial charge in [0.25, 0.3) is 0 Å². The summed E-state index contributed by atoms with van der Waals surface area (Å²) < 4.78 is 0. The van der Waals surface area contributed by atoms with Crippen LogP contribution >= 0.6 is 11.6 Å². The minimum atomic E-state index is -0.458. The van der Waals surface area contributed by atoms with Gasteiger partial charge in [-0.2, -0.15) is 0 Å². The van der Waals surface area contributed by atoms with Gasteiger partial charge in [0.15, 0.2) is 0 Å². The van der Waals surface area contributed by atoms with Crippen LogP contribution in [0.15, 0.2) is 85.2 Å². The van der Waals surface area contributed by atoms with Gasteiger partial charge >= 0.3 is 0 Å². The zero-order valence-corrected chi connectivity index (χ0v) is 24.3. The van der Waals surface area contributed by atoms with Crippen molar-refractivity contribution >= 4 is 45.0 Å². The molecule has 4 N–H and O–H groups in total. The van der Waals surface area contributed by atoms with Gasteiger partial charge in [0.2, 0.25) is 5.91 Å². The molecule has 0 atom stereocenters. The van der Waals surface area contributed by atoms with Gasteiger partial charge in [0, 0.05) is 64.3 Å². The Labute approximate surface area is 251 Å². The predicted octanol–water partition coefficient (Wildman–Crippen LogP) is 6.12. The Morgan fingerprint density at radius 3 is 2.60 bits per heavy atom. The van der Waals surface area contributed by atoms with Crippen molar-refractivity contribution in [3.63, 3.8) is 0 Å². The number of anilines is 1. The number of carbonyl (C=O) groups is 1. The zero-order chi connectivity index (χ0) is 28.9. The number of nitrogens with zero attached hydrogens (tertiary/aromatic N) is 3. The lowest BCUT2D eigenvalue weighted by molar-refractivity contribution is 0.100. The Hall–Kier alpha value is -4.04. The lowest BCUT2D eigenvalue weighted by Gasteiger charge is -2.32. The Kier molecular flexibility index (Phi) is 8.60. The van der Waals surface area contributed by atoms with Crippen molar-refractivity contribution in [1.82, 2.24) is 20.2 Å². The van der Waals surface area contributed by atoms with E-state index in [0.29, 0.717) is 11.5 Å². The van der Waals surface area contributed by atoms with Crippen molar-refractivity contribution in [2.75, 3.05) is 38.0 Å². The highest BCUT2D eigenvalue weighted by Crippen LogP contribution is 2.30. The summed E-state index contributed by atoms with van der Waals surface area (Å²) in [6.45, 7) is 5.74. The normalized spacial score (nSPS) is 14.4. The maximum Gasteiger partial charge on any atom is 0.248 e. The minimum Gasteiger partial charge on any atom is -0.368 e. The van der Waals surface area contributed by atoms with E-state index in [1.807, 2.05) is 36.5 Å². The number of pyridine rings is 2. The van der Waals surface area contributed by atoms with Crippen LogP contribution < -0.4 is 16.4 Å². The molecule has 1 fully saturated rings. The molecular weight excluding hydrogens is 544 g/mol. The first-order valence-corrected chi connectivity index (χ1v) is 14.9. The first-order chi connectivity index (χ1) is 20.5. The summed E-state index contributed by atoms with van der Waals surface area (Å²) in [5.74, 6) is 1.02. The smallest absolute Gasteiger partial charge is 0.248 e. The van der Waals surface area contributed by atoms with Crippen LogP contribution in [0, 0.1) is 5.92 Å². The van der Waals surface area contributed by atoms with Crippen molar-refractivity contribution in [2.24, 2.45) is 11.7 Å². The molecule has 42 heavy (non-hydrogen) atoms. The number of fused-ring (bicyclic) bond motifs is 3. The molecule has 0 saturated carbocycles. The van der Waals surface area contributed by atoms with Gasteiger partial charge in [-0.1, -0.05) is 60.1 Å². The van der Waals surface area contributed by atoms with E-state index in [0.717, 1.165) is 82.9 Å². The largest absolute Gasteiger partial charge is 0.368 e. The van der Waals surface area contributed by atoms with E-state index in [1.165, 1.54) is 18.4 Å². The number of hydrogen-bond donors (Lipinski definition) is 3. The maximum atomic E-state index is 11.7. The van der Waals surface area contributed by atoms with E-state index in [2.05, 4.69) is 50.8 Å². The third-order valence-corrected chi connectivity index (χ3v) is 8.50. The molecule has 0 unspecified atom stereocenters. The van der Waals surface area contributed by atoms with E-state index in [9.17, 15) is 4.79 Å². The molecule has 0 aliphatic carbocycles. The quantitative estimate of drug-likeness (QED) is 0.173. The fraction of sp³-hybridized carbons (Fsp3) is 0.265. The SMILES string of the molecule is NC(=O)c1ccc2c(c1)nc(NCCN1CCC(CNCc3ccc(-c4ccccc4)c(Cl)c3)CC1)c1ccncc12. The van der Waals surface area contributed by atoms with E-state index in [4.69, 9.17) is 22.3 Å². The predicted molar refractivity (Wildman–Crippen MR) is 172 cm³/mol. The number of rotatable bonds is 10. The monoisotopic (exact) mass is 578 g/mol. The van der Waals surface area contributed by atoms with Gasteiger partial charge in [0.05, 0.1) is 5.52 Å². The highest BCUT2D eigenvalue weighted by molar-refractivity contribution is 6.33. The van der Waals surface area contributed by atoms with Crippen LogP contribution in [0.25, 0.3) is 32.8 Å². The van der Waals surface area contributed by atoms with Gasteiger partial charge < -0.3 is 21.3 Å². The molecule has 6 rings (SSSR count). The Morgan fingerprint density at radius 2 is 1.81 bits per heavy atom. The van der Waals surface area contributed by atoms with E-state index >= 15 is 0 Å². The number of amides is 1. The van der Waals surface area contributed by atoms with Crippen molar-refractivity contribution in [3.8, 4) is 11.1 Å². The van der Waals surface area contributed by atoms with E-state index in [-0.39, 0.29) is 0 Å². The number of nitrogens with two attached hydrogens (primary N) is 1. The Morgan fingerprint density at radius 1 is 0.976 bits per heavy atom. The van der Waals surface area contributed by atoms with Gasteiger partial charge in [0.1, 0.15) is 5.82 Å². The van der Waals surface area contributed by atoms with Crippen molar-refractivity contribution in [2.45, 2.75) is 19.4 Å². The number of likely N-dealkylation sites (tertiary alicyclic amines) is 1. The molecule has 3 aromatic carbocycles. The highest BCUT2D eigenvalue weighted by atomic mass is 35.5. The molecule has 5 aromatic rings. The van der Waals surface area contributed by atoms with Gasteiger partial charge in [-0.05, 0) is 73.8 Å². The second-order valence-electron chi connectivity index (χ2n) is 11.0. The molecule has 3 heterocycles. The molecule has 214 valence electrons. The minimum absolute atomic E-state index is 0.450. The number of halogens is 1. The molecule has 0 spiro atoms. The first kappa shape index (κ1) is 28.1. The first-order valence-electron chi connectivity index (χ1n) is 14.5. The summed E-state index contributed by atoms with van der Waals surface area (Å²) in [7, 11) is 0. The number of nitrogens with one attached hydrogen (secondary N) is 2. The summed E-state index contributed by atoms with van der Waals surface area (Å²) in [5, 5.41) is 11.0. The van der Waals surface area contributed by atoms with Crippen LogP contribution in [-0.2, 0) is 6.54 Å². The topological polar surface area (TPSA) is 96.2 Å². The average molecular weight is 579 g/mol. The van der Waals surface area contributed by atoms with Crippen molar-refractivity contribution in [1.29, 1.82) is 0 Å². The van der Waals surface area contributed by atoms with Crippen molar-refractivity contribution < 1.29 is 4.79 Å². The summed E-state index contributed by atoms with van der Waals surface area (Å²) >= 11 is 6.60. The van der Waals surface area contributed by atoms with Crippen LogP contribution in [-0.4, -0.2) is 53.5 Å². The molecule has 1 saturated heterocycles. The second kappa shape index (κ2) is 12.9. The fourth-order valence-electron chi connectivity index (χ4n) is 5.82. The third kappa shape index (κ3) is 6.39. The zero-order valence-electron chi connectivity index (χ0n) is 23.5. The molecular formula is C34H35ClN6O. The average Bonchev–Trinajstić information content (AvgIpc) is 3.02. The lowest BCUT2D eigenvalue weighted by atomic mass is 9.96. The number of aromatic nitrogens is 2. The number of piperidine rings is 1. The van der Waals surface area contributed by atoms with Crippen molar-refractivity contribution in [3.05, 3.63) is 101 Å². The molecule has 2 aromatic heterocycles. The molecule has 1 aliphatic rings. The van der Waals surface area contributed by atoms with Crippen LogP contribution in [0.2, 0.25) is 5.02 Å². The van der Waals surface area contributed by atoms with Crippen LogP contribution in [0.3, 0.4) is 0 Å². The standard InChI is InChI=1S/C34H35ClN6O/c35-31-18-24(6-8-27(31)25-4-2-1-3-5-25)21-38-20-23-11-15-41(16-12-23)17-14-39-34-29-10-13-37-22-30(29)28-9-7-26(33(36)42)19-32(28)40-34/h1-10,13,18-19,22-23,38H,11-12,14-17,20-21H2,(H2,36,42)(H,39,40). The molecule has 1 aliphatic heterocycles. The molecule has 7 nitrogen and oxygen atoms in total. The number of hydrogen-bond acceptors (Lipinski definition) is 6. The summed E-state index contributed by atoms with van der Waals surface area (Å²) in [6.07, 6.45) is 5.99. The fourth-order valence-corrected chi connectivity index (χ4v) is 6.14. The van der Waals surface area contributed by atoms with Gasteiger partial charge in [-0.3, -0.25) is 9.78 Å². The number of primary amides is 1. The molecule has 0 bridgehead atoms. The van der Waals surface area contributed by atoms with Crippen LogP contribution in [0.1, 0.15) is 28.8 Å². The van der Waals surface area contributed by atoms with E-state index < -0.39 is 5.91 Å². The Balaban J connectivity index is 0.980. The molecule has 8 heteroatoms. The lowest BCUT2D eigenvalue weighted by Crippen LogP contribution is -2.39. The Bertz CT molecular complexity index is 1700. The summed E-state index contributed by atoms with van der Waals surface area (Å²) in [6, 6.07) is 24.0.